The number of alkyl halides is 7. The summed E-state index contributed by atoms with van der Waals surface area (Å²) < 4.78 is 122. The second-order valence-electron chi connectivity index (χ2n) is 12.4. The number of carboxylic acids is 1. The molecule has 0 radical (unpaired) electrons. The van der Waals surface area contributed by atoms with Gasteiger partial charge in [0.15, 0.2) is 0 Å². The third-order valence-corrected chi connectivity index (χ3v) is 8.97. The number of cyclic esters (lactones) is 1. The summed E-state index contributed by atoms with van der Waals surface area (Å²) >= 11 is 0. The van der Waals surface area contributed by atoms with Gasteiger partial charge in [-0.2, -0.15) is 26.3 Å². The Hall–Kier alpha value is -5.48. The molecule has 4 aromatic rings. The maximum atomic E-state index is 15.6. The minimum Gasteiger partial charge on any atom is -0.496 e. The monoisotopic (exact) mass is 736 g/mol. The first-order valence-corrected chi connectivity index (χ1v) is 15.6. The molecule has 2 aliphatic rings. The minimum atomic E-state index is -5.13. The zero-order valence-corrected chi connectivity index (χ0v) is 27.4. The molecule has 0 unspecified atom stereocenters. The van der Waals surface area contributed by atoms with Crippen LogP contribution in [-0.4, -0.2) is 64.4 Å². The van der Waals surface area contributed by atoms with Crippen molar-refractivity contribution in [1.82, 2.24) is 14.9 Å². The fourth-order valence-corrected chi connectivity index (χ4v) is 6.20. The van der Waals surface area contributed by atoms with Crippen LogP contribution in [0.3, 0.4) is 0 Å². The molecule has 52 heavy (non-hydrogen) atoms. The van der Waals surface area contributed by atoms with Gasteiger partial charge in [0.05, 0.1) is 55.2 Å². The van der Waals surface area contributed by atoms with Crippen molar-refractivity contribution in [3.05, 3.63) is 94.1 Å². The number of ether oxygens (including phenoxy) is 2. The number of aromatic carboxylic acids is 1. The number of methoxy groups -OCH3 is 1. The molecule has 0 spiro atoms. The van der Waals surface area contributed by atoms with Crippen LogP contribution < -0.4 is 9.64 Å². The molecule has 2 saturated heterocycles. The third-order valence-electron chi connectivity index (χ3n) is 8.97. The highest BCUT2D eigenvalue weighted by molar-refractivity contribution is 5.89. The summed E-state index contributed by atoms with van der Waals surface area (Å²) in [6.07, 6.45) is -12.7. The van der Waals surface area contributed by atoms with Gasteiger partial charge in [0.25, 0.3) is 0 Å². The average molecular weight is 737 g/mol. The van der Waals surface area contributed by atoms with Gasteiger partial charge in [-0.05, 0) is 66.9 Å². The fraction of sp³-hybridized carbons (Fsp3) is 0.314. The lowest BCUT2D eigenvalue weighted by Gasteiger charge is -2.34. The molecule has 1 aromatic heterocycles. The van der Waals surface area contributed by atoms with Crippen LogP contribution >= 0.6 is 0 Å². The summed E-state index contributed by atoms with van der Waals surface area (Å²) in [5.41, 5.74) is -2.37. The molecule has 2 atom stereocenters. The van der Waals surface area contributed by atoms with Crippen LogP contribution in [-0.2, 0) is 23.6 Å². The molecule has 17 heteroatoms. The number of carbonyl (C=O) groups is 2. The molecule has 0 saturated carbocycles. The minimum absolute atomic E-state index is 0.00463. The summed E-state index contributed by atoms with van der Waals surface area (Å²) in [7, 11) is 1.27. The Bertz CT molecular complexity index is 2030. The number of anilines is 1. The highest BCUT2D eigenvalue weighted by Gasteiger charge is 2.44. The maximum Gasteiger partial charge on any atom is 0.416 e. The van der Waals surface area contributed by atoms with E-state index >= 15 is 4.39 Å². The van der Waals surface area contributed by atoms with E-state index in [1.807, 2.05) is 0 Å². The summed E-state index contributed by atoms with van der Waals surface area (Å²) in [6, 6.07) is 6.45. The predicted octanol–water partition coefficient (Wildman–Crippen LogP) is 8.24. The quantitative estimate of drug-likeness (QED) is 0.181. The molecular formula is C35H28F8N4O5. The second kappa shape index (κ2) is 13.2. The van der Waals surface area contributed by atoms with Gasteiger partial charge in [0, 0.05) is 29.0 Å². The summed E-state index contributed by atoms with van der Waals surface area (Å²) in [4.78, 5) is 36.2. The smallest absolute Gasteiger partial charge is 0.416 e. The van der Waals surface area contributed by atoms with Crippen LogP contribution in [0.1, 0.15) is 51.3 Å². The number of hydrogen-bond donors (Lipinski definition) is 1. The molecule has 2 fully saturated rings. The Morgan fingerprint density at radius 2 is 1.62 bits per heavy atom. The number of benzene rings is 3. The maximum absolute atomic E-state index is 15.6. The van der Waals surface area contributed by atoms with Crippen LogP contribution in [0.2, 0.25) is 0 Å². The number of nitrogens with zero attached hydrogens (tertiary/aromatic N) is 4. The molecule has 6 rings (SSSR count). The lowest BCUT2D eigenvalue weighted by molar-refractivity contribution is -0.143. The van der Waals surface area contributed by atoms with Crippen molar-refractivity contribution in [3.63, 3.8) is 0 Å². The molecule has 9 nitrogen and oxygen atoms in total. The molecule has 274 valence electrons. The average Bonchev–Trinajstić information content (AvgIpc) is 3.34. The molecule has 1 N–H and O–H groups in total. The number of aromatic nitrogens is 2. The Labute approximate surface area is 290 Å². The largest absolute Gasteiger partial charge is 0.496 e. The molecule has 3 heterocycles. The van der Waals surface area contributed by atoms with E-state index in [9.17, 15) is 45.4 Å². The van der Waals surface area contributed by atoms with Crippen LogP contribution in [0.25, 0.3) is 22.3 Å². The Kier molecular flexibility index (Phi) is 9.25. The van der Waals surface area contributed by atoms with Gasteiger partial charge >= 0.3 is 24.4 Å². The van der Waals surface area contributed by atoms with Crippen molar-refractivity contribution in [2.24, 2.45) is 0 Å². The van der Waals surface area contributed by atoms with Crippen LogP contribution in [0, 0.1) is 12.7 Å². The number of rotatable bonds is 8. The predicted molar refractivity (Wildman–Crippen MR) is 169 cm³/mol. The van der Waals surface area contributed by atoms with Gasteiger partial charge in [0.1, 0.15) is 23.8 Å². The van der Waals surface area contributed by atoms with Gasteiger partial charge in [-0.3, -0.25) is 4.90 Å². The topological polar surface area (TPSA) is 105 Å². The number of aryl methyl sites for hydroxylation is 1. The molecule has 0 aliphatic carbocycles. The third kappa shape index (κ3) is 6.90. The molecule has 0 bridgehead atoms. The molecule has 1 amide bonds. The van der Waals surface area contributed by atoms with Crippen LogP contribution in [0.15, 0.2) is 54.7 Å². The first-order valence-electron chi connectivity index (χ1n) is 15.6. The SMILES string of the molecule is COc1cc(F)c(-c2ccc(C(=O)O)cc2C)cc1-c1cnc(N2CC(F)C2)nc1CN1C(=O)O[C@H](c2cc(C(F)(F)F)cc(C(F)(F)F)c2)[C@@H]1C. The van der Waals surface area contributed by atoms with E-state index in [1.54, 1.807) is 6.92 Å². The summed E-state index contributed by atoms with van der Waals surface area (Å²) in [5.74, 6) is -1.83. The Morgan fingerprint density at radius 3 is 2.17 bits per heavy atom. The number of amides is 1. The van der Waals surface area contributed by atoms with E-state index in [0.717, 1.165) is 11.0 Å². The highest BCUT2D eigenvalue weighted by atomic mass is 19.4. The number of halogens is 8. The van der Waals surface area contributed by atoms with Gasteiger partial charge in [-0.15, -0.1) is 0 Å². The first kappa shape index (κ1) is 36.3. The van der Waals surface area contributed by atoms with Crippen LogP contribution in [0.5, 0.6) is 5.75 Å². The van der Waals surface area contributed by atoms with Gasteiger partial charge in [-0.1, -0.05) is 6.07 Å². The number of hydrogen-bond acceptors (Lipinski definition) is 7. The fourth-order valence-electron chi connectivity index (χ4n) is 6.20. The van der Waals surface area contributed by atoms with E-state index in [0.29, 0.717) is 23.3 Å². The van der Waals surface area contributed by atoms with E-state index in [4.69, 9.17) is 9.47 Å². The Morgan fingerprint density at radius 1 is 0.962 bits per heavy atom. The normalized spacial score (nSPS) is 18.0. The molecule has 3 aromatic carbocycles. The van der Waals surface area contributed by atoms with Gasteiger partial charge in [-0.25, -0.2) is 28.3 Å². The molecule has 2 aliphatic heterocycles. The van der Waals surface area contributed by atoms with Crippen molar-refractivity contribution in [1.29, 1.82) is 0 Å². The standard InChI is InChI=1S/C35H28F8N4O5/c1-16-6-18(31(48)49)4-5-23(16)24-10-25(29(51-3)11-27(24)37)26-12-44-32(46-13-22(36)14-46)45-28(26)15-47-17(2)30(52-33(47)50)19-7-20(34(38,39)40)9-21(8-19)35(41,42)43/h4-12,17,22,30H,13-15H2,1-3H3,(H,48,49)/t17-,30-/m0/s1. The summed E-state index contributed by atoms with van der Waals surface area (Å²) in [5, 5.41) is 9.38. The summed E-state index contributed by atoms with van der Waals surface area (Å²) in [6.45, 7) is 2.50. The zero-order valence-electron chi connectivity index (χ0n) is 27.4. The number of carbonyl (C=O) groups excluding carboxylic acids is 1. The lowest BCUT2D eigenvalue weighted by atomic mass is 9.93. The van der Waals surface area contributed by atoms with Gasteiger partial charge < -0.3 is 19.5 Å². The zero-order chi connectivity index (χ0) is 37.9. The van der Waals surface area contributed by atoms with Crippen LogP contribution in [0.4, 0.5) is 45.9 Å². The highest BCUT2D eigenvalue weighted by Crippen LogP contribution is 2.43. The van der Waals surface area contributed by atoms with Crippen molar-refractivity contribution < 1.29 is 59.3 Å². The van der Waals surface area contributed by atoms with Crippen molar-refractivity contribution in [2.45, 2.75) is 51.1 Å². The van der Waals surface area contributed by atoms with E-state index < -0.39 is 71.8 Å². The van der Waals surface area contributed by atoms with Crippen molar-refractivity contribution in [3.8, 4) is 28.0 Å². The van der Waals surface area contributed by atoms with E-state index in [2.05, 4.69) is 9.97 Å². The van der Waals surface area contributed by atoms with Crippen molar-refractivity contribution >= 4 is 18.0 Å². The lowest BCUT2D eigenvalue weighted by Crippen LogP contribution is -2.49. The van der Waals surface area contributed by atoms with E-state index in [1.165, 1.54) is 49.4 Å². The van der Waals surface area contributed by atoms with Gasteiger partial charge in [0.2, 0.25) is 5.95 Å². The van der Waals surface area contributed by atoms with Crippen molar-refractivity contribution in [2.75, 3.05) is 25.1 Å². The number of carboxylic acid groups (broad SMARTS) is 1. The van der Waals surface area contributed by atoms with E-state index in [-0.39, 0.29) is 58.8 Å². The molecular weight excluding hydrogens is 708 g/mol. The first-order chi connectivity index (χ1) is 24.3. The second-order valence-corrected chi connectivity index (χ2v) is 12.4. The Balaban J connectivity index is 1.43.